The first-order valence-corrected chi connectivity index (χ1v) is 10.6. The quantitative estimate of drug-likeness (QED) is 0.622. The molecule has 0 aliphatic heterocycles. The number of halogens is 2. The molecular weight excluding hydrogens is 407 g/mol. The van der Waals surface area contributed by atoms with Crippen molar-refractivity contribution in [1.29, 1.82) is 0 Å². The molecule has 0 saturated heterocycles. The van der Waals surface area contributed by atoms with Gasteiger partial charge < -0.3 is 10.2 Å². The summed E-state index contributed by atoms with van der Waals surface area (Å²) in [6, 6.07) is 12.4. The van der Waals surface area contributed by atoms with Gasteiger partial charge in [0.15, 0.2) is 0 Å². The monoisotopic (exact) mass is 434 g/mol. The third-order valence-corrected chi connectivity index (χ3v) is 5.71. The van der Waals surface area contributed by atoms with Crippen LogP contribution in [0.4, 0.5) is 0 Å². The Morgan fingerprint density at radius 1 is 1.07 bits per heavy atom. The highest BCUT2D eigenvalue weighted by atomic mass is 35.5. The highest BCUT2D eigenvalue weighted by Gasteiger charge is 2.27. The molecule has 1 N–H and O–H groups in total. The summed E-state index contributed by atoms with van der Waals surface area (Å²) in [5, 5.41) is 3.93. The van der Waals surface area contributed by atoms with E-state index >= 15 is 0 Å². The van der Waals surface area contributed by atoms with Crippen molar-refractivity contribution in [2.45, 2.75) is 59.2 Å². The van der Waals surface area contributed by atoms with Crippen molar-refractivity contribution in [3.63, 3.8) is 0 Å². The van der Waals surface area contributed by atoms with Gasteiger partial charge in [-0.3, -0.25) is 9.59 Å². The van der Waals surface area contributed by atoms with Crippen LogP contribution in [0.2, 0.25) is 10.0 Å². The lowest BCUT2D eigenvalue weighted by Crippen LogP contribution is -2.50. The minimum Gasteiger partial charge on any atom is -0.352 e. The van der Waals surface area contributed by atoms with Gasteiger partial charge in [0.05, 0.1) is 6.42 Å². The lowest BCUT2D eigenvalue weighted by Gasteiger charge is -2.30. The van der Waals surface area contributed by atoms with E-state index in [0.29, 0.717) is 22.2 Å². The second-order valence-electron chi connectivity index (χ2n) is 7.35. The maximum absolute atomic E-state index is 13.2. The molecule has 0 aliphatic rings. The molecule has 0 radical (unpaired) electrons. The number of aryl methyl sites for hydroxylation is 1. The van der Waals surface area contributed by atoms with Crippen LogP contribution >= 0.6 is 23.2 Å². The molecule has 0 aromatic heterocycles. The molecular formula is C23H28Cl2N2O2. The molecule has 4 nitrogen and oxygen atoms in total. The number of carbonyl (C=O) groups excluding carboxylic acids is 2. The van der Waals surface area contributed by atoms with Gasteiger partial charge >= 0.3 is 0 Å². The van der Waals surface area contributed by atoms with Crippen molar-refractivity contribution in [3.05, 3.63) is 69.2 Å². The molecule has 0 saturated carbocycles. The van der Waals surface area contributed by atoms with E-state index < -0.39 is 6.04 Å². The normalized spacial score (nSPS) is 12.9. The molecule has 2 rings (SSSR count). The van der Waals surface area contributed by atoms with Crippen LogP contribution in [-0.2, 0) is 22.6 Å². The number of rotatable bonds is 8. The standard InChI is InChI=1S/C23H28Cl2N2O2/c1-5-16(3)26-23(29)17(4)27(14-19-9-7-6-8-15(19)2)22(28)12-18-10-11-20(24)13-21(18)25/h6-11,13,16-17H,5,12,14H2,1-4H3,(H,26,29). The molecule has 2 aromatic carbocycles. The number of carbonyl (C=O) groups is 2. The van der Waals surface area contributed by atoms with Crippen LogP contribution in [0.5, 0.6) is 0 Å². The number of hydrogen-bond acceptors (Lipinski definition) is 2. The van der Waals surface area contributed by atoms with Gasteiger partial charge in [-0.1, -0.05) is 60.5 Å². The summed E-state index contributed by atoms with van der Waals surface area (Å²) in [7, 11) is 0. The van der Waals surface area contributed by atoms with Gasteiger partial charge in [-0.2, -0.15) is 0 Å². The summed E-state index contributed by atoms with van der Waals surface area (Å²) in [6.45, 7) is 8.07. The Kier molecular flexibility index (Phi) is 8.54. The van der Waals surface area contributed by atoms with E-state index in [-0.39, 0.29) is 24.3 Å². The molecule has 0 aliphatic carbocycles. The van der Waals surface area contributed by atoms with Crippen LogP contribution in [0.15, 0.2) is 42.5 Å². The molecule has 0 heterocycles. The van der Waals surface area contributed by atoms with E-state index in [2.05, 4.69) is 5.32 Å². The van der Waals surface area contributed by atoms with Crippen molar-refractivity contribution in [2.24, 2.45) is 0 Å². The lowest BCUT2D eigenvalue weighted by molar-refractivity contribution is -0.140. The highest BCUT2D eigenvalue weighted by Crippen LogP contribution is 2.23. The Morgan fingerprint density at radius 3 is 2.38 bits per heavy atom. The molecule has 2 amide bonds. The van der Waals surface area contributed by atoms with Crippen molar-refractivity contribution >= 4 is 35.0 Å². The minimum absolute atomic E-state index is 0.0473. The van der Waals surface area contributed by atoms with Crippen LogP contribution < -0.4 is 5.32 Å². The smallest absolute Gasteiger partial charge is 0.242 e. The molecule has 156 valence electrons. The van der Waals surface area contributed by atoms with Crippen LogP contribution in [0.3, 0.4) is 0 Å². The summed E-state index contributed by atoms with van der Waals surface area (Å²) in [5.74, 6) is -0.326. The Hall–Kier alpha value is -2.04. The fourth-order valence-corrected chi connectivity index (χ4v) is 3.42. The Labute approximate surface area is 183 Å². The second kappa shape index (κ2) is 10.7. The first kappa shape index (κ1) is 23.2. The van der Waals surface area contributed by atoms with Crippen LogP contribution in [-0.4, -0.2) is 28.8 Å². The average molecular weight is 435 g/mol. The fourth-order valence-electron chi connectivity index (χ4n) is 2.95. The predicted molar refractivity (Wildman–Crippen MR) is 119 cm³/mol. The van der Waals surface area contributed by atoms with E-state index in [0.717, 1.165) is 17.5 Å². The zero-order valence-electron chi connectivity index (χ0n) is 17.3. The summed E-state index contributed by atoms with van der Waals surface area (Å²) < 4.78 is 0. The van der Waals surface area contributed by atoms with Crippen molar-refractivity contribution in [3.8, 4) is 0 Å². The van der Waals surface area contributed by atoms with Gasteiger partial charge in [-0.15, -0.1) is 0 Å². The number of nitrogens with zero attached hydrogens (tertiary/aromatic N) is 1. The SMILES string of the molecule is CCC(C)NC(=O)C(C)N(Cc1ccccc1C)C(=O)Cc1ccc(Cl)cc1Cl. The fraction of sp³-hybridized carbons (Fsp3) is 0.391. The summed E-state index contributed by atoms with van der Waals surface area (Å²) >= 11 is 12.2. The van der Waals surface area contributed by atoms with Crippen LogP contribution in [0.1, 0.15) is 43.9 Å². The van der Waals surface area contributed by atoms with Crippen LogP contribution in [0.25, 0.3) is 0 Å². The highest BCUT2D eigenvalue weighted by molar-refractivity contribution is 6.35. The van der Waals surface area contributed by atoms with Gasteiger partial charge in [0.25, 0.3) is 0 Å². The van der Waals surface area contributed by atoms with E-state index in [1.165, 1.54) is 0 Å². The first-order chi connectivity index (χ1) is 13.7. The molecule has 0 bridgehead atoms. The van der Waals surface area contributed by atoms with Crippen molar-refractivity contribution < 1.29 is 9.59 Å². The topological polar surface area (TPSA) is 49.4 Å². The summed E-state index contributed by atoms with van der Waals surface area (Å²) in [4.78, 5) is 27.6. The number of amides is 2. The van der Waals surface area contributed by atoms with Crippen LogP contribution in [0, 0.1) is 6.92 Å². The largest absolute Gasteiger partial charge is 0.352 e. The lowest BCUT2D eigenvalue weighted by atomic mass is 10.1. The molecule has 0 fully saturated rings. The maximum atomic E-state index is 13.2. The van der Waals surface area contributed by atoms with Gasteiger partial charge in [0.2, 0.25) is 11.8 Å². The first-order valence-electron chi connectivity index (χ1n) is 9.81. The van der Waals surface area contributed by atoms with E-state index in [1.807, 2.05) is 45.0 Å². The Morgan fingerprint density at radius 2 is 1.76 bits per heavy atom. The summed E-state index contributed by atoms with van der Waals surface area (Å²) in [6.07, 6.45) is 0.924. The van der Waals surface area contributed by atoms with E-state index in [9.17, 15) is 9.59 Å². The van der Waals surface area contributed by atoms with Crippen molar-refractivity contribution in [1.82, 2.24) is 10.2 Å². The molecule has 2 atom stereocenters. The second-order valence-corrected chi connectivity index (χ2v) is 8.20. The molecule has 0 spiro atoms. The minimum atomic E-state index is -0.609. The van der Waals surface area contributed by atoms with Gasteiger partial charge in [0, 0.05) is 22.6 Å². The van der Waals surface area contributed by atoms with E-state index in [1.54, 1.807) is 30.0 Å². The number of benzene rings is 2. The Balaban J connectivity index is 2.28. The van der Waals surface area contributed by atoms with Gasteiger partial charge in [0.1, 0.15) is 6.04 Å². The van der Waals surface area contributed by atoms with Gasteiger partial charge in [-0.05, 0) is 56.0 Å². The third-order valence-electron chi connectivity index (χ3n) is 5.13. The maximum Gasteiger partial charge on any atom is 0.242 e. The number of hydrogen-bond donors (Lipinski definition) is 1. The third kappa shape index (κ3) is 6.48. The number of nitrogens with one attached hydrogen (secondary N) is 1. The average Bonchev–Trinajstić information content (AvgIpc) is 2.68. The predicted octanol–water partition coefficient (Wildman–Crippen LogP) is 5.18. The molecule has 2 unspecified atom stereocenters. The molecule has 6 heteroatoms. The molecule has 29 heavy (non-hydrogen) atoms. The Bertz CT molecular complexity index is 870. The zero-order valence-corrected chi connectivity index (χ0v) is 18.8. The van der Waals surface area contributed by atoms with Gasteiger partial charge in [-0.25, -0.2) is 0 Å². The van der Waals surface area contributed by atoms with Crippen molar-refractivity contribution in [2.75, 3.05) is 0 Å². The molecule has 2 aromatic rings. The zero-order chi connectivity index (χ0) is 21.6. The van der Waals surface area contributed by atoms with E-state index in [4.69, 9.17) is 23.2 Å². The summed E-state index contributed by atoms with van der Waals surface area (Å²) in [5.41, 5.74) is 2.76.